The van der Waals surface area contributed by atoms with E-state index >= 15 is 0 Å². The number of rotatable bonds is 4. The summed E-state index contributed by atoms with van der Waals surface area (Å²) in [6.07, 6.45) is 1.16. The first-order valence-corrected chi connectivity index (χ1v) is 8.59. The Morgan fingerprint density at radius 3 is 2.33 bits per heavy atom. The van der Waals surface area contributed by atoms with E-state index in [4.69, 9.17) is 11.6 Å². The van der Waals surface area contributed by atoms with Gasteiger partial charge in [0.2, 0.25) is 0 Å². The average molecular weight is 326 g/mol. The van der Waals surface area contributed by atoms with E-state index < -0.39 is 9.84 Å². The molecule has 4 nitrogen and oxygen atoms in total. The summed E-state index contributed by atoms with van der Waals surface area (Å²) in [6.45, 7) is 1.93. The molecule has 0 heterocycles. The summed E-state index contributed by atoms with van der Waals surface area (Å²) in [7, 11) is -3.28. The third-order valence-electron chi connectivity index (χ3n) is 3.13. The van der Waals surface area contributed by atoms with E-state index in [1.165, 1.54) is 12.1 Å². The minimum atomic E-state index is -3.28. The fraction of sp³-hybridized carbons (Fsp3) is 0.200. The summed E-state index contributed by atoms with van der Waals surface area (Å²) in [5.74, 6) is 0.197. The highest BCUT2D eigenvalue weighted by Gasteiger charge is 2.12. The van der Waals surface area contributed by atoms with Crippen LogP contribution in [0, 0.1) is 0 Å². The van der Waals surface area contributed by atoms with Crippen LogP contribution in [-0.4, -0.2) is 19.8 Å². The van der Waals surface area contributed by atoms with Crippen molar-refractivity contribution in [1.82, 2.24) is 0 Å². The molecule has 1 atom stereocenters. The Hall–Kier alpha value is -1.72. The Labute approximate surface area is 129 Å². The summed E-state index contributed by atoms with van der Waals surface area (Å²) in [5, 5.41) is 12.9. The minimum Gasteiger partial charge on any atom is -0.508 e. The maximum absolute atomic E-state index is 11.6. The number of halogens is 1. The minimum absolute atomic E-state index is 0.0853. The molecule has 2 rings (SSSR count). The normalized spacial score (nSPS) is 12.9. The van der Waals surface area contributed by atoms with Crippen LogP contribution in [0.25, 0.3) is 0 Å². The molecule has 0 aliphatic rings. The second kappa shape index (κ2) is 5.95. The highest BCUT2D eigenvalue weighted by atomic mass is 35.5. The monoisotopic (exact) mass is 325 g/mol. The van der Waals surface area contributed by atoms with Crippen LogP contribution in [0.3, 0.4) is 0 Å². The first-order chi connectivity index (χ1) is 9.77. The number of aromatic hydroxyl groups is 1. The van der Waals surface area contributed by atoms with Crippen molar-refractivity contribution in [3.63, 3.8) is 0 Å². The van der Waals surface area contributed by atoms with Crippen molar-refractivity contribution >= 4 is 27.1 Å². The number of anilines is 1. The largest absolute Gasteiger partial charge is 0.508 e. The standard InChI is InChI=1S/C15H16ClNO3S/c1-10(11-3-5-12(18)6-4-11)17-15-9-13(21(2,19)20)7-8-14(15)16/h3-10,17-18H,1-2H3. The third-order valence-corrected chi connectivity index (χ3v) is 4.57. The van der Waals surface area contributed by atoms with E-state index in [0.717, 1.165) is 11.8 Å². The second-order valence-electron chi connectivity index (χ2n) is 4.87. The molecule has 112 valence electrons. The molecule has 1 unspecified atom stereocenters. The molecule has 0 aliphatic carbocycles. The zero-order chi connectivity index (χ0) is 15.6. The van der Waals surface area contributed by atoms with Gasteiger partial charge in [0.15, 0.2) is 9.84 Å². The number of phenolic OH excluding ortho intramolecular Hbond substituents is 1. The lowest BCUT2D eigenvalue weighted by atomic mass is 10.1. The number of phenols is 1. The Morgan fingerprint density at radius 1 is 1.14 bits per heavy atom. The lowest BCUT2D eigenvalue weighted by molar-refractivity contribution is 0.475. The molecule has 0 amide bonds. The van der Waals surface area contributed by atoms with E-state index in [1.54, 1.807) is 30.3 Å². The van der Waals surface area contributed by atoms with Crippen molar-refractivity contribution in [2.24, 2.45) is 0 Å². The Bertz CT molecular complexity index is 742. The van der Waals surface area contributed by atoms with E-state index in [9.17, 15) is 13.5 Å². The summed E-state index contributed by atoms with van der Waals surface area (Å²) in [4.78, 5) is 0.215. The quantitative estimate of drug-likeness (QED) is 0.901. The van der Waals surface area contributed by atoms with Gasteiger partial charge in [-0.25, -0.2) is 8.42 Å². The summed E-state index contributed by atoms with van der Waals surface area (Å²) in [5.41, 5.74) is 1.51. The SMILES string of the molecule is CC(Nc1cc(S(C)(=O)=O)ccc1Cl)c1ccc(O)cc1. The van der Waals surface area contributed by atoms with Crippen molar-refractivity contribution < 1.29 is 13.5 Å². The molecule has 21 heavy (non-hydrogen) atoms. The van der Waals surface area contributed by atoms with Crippen molar-refractivity contribution in [2.75, 3.05) is 11.6 Å². The van der Waals surface area contributed by atoms with Crippen LogP contribution in [0.2, 0.25) is 5.02 Å². The van der Waals surface area contributed by atoms with Gasteiger partial charge in [0.05, 0.1) is 15.6 Å². The van der Waals surface area contributed by atoms with Gasteiger partial charge < -0.3 is 10.4 Å². The average Bonchev–Trinajstić information content (AvgIpc) is 2.40. The van der Waals surface area contributed by atoms with Gasteiger partial charge in [-0.15, -0.1) is 0 Å². The van der Waals surface area contributed by atoms with Gasteiger partial charge in [-0.05, 0) is 42.8 Å². The van der Waals surface area contributed by atoms with E-state index in [1.807, 2.05) is 6.92 Å². The van der Waals surface area contributed by atoms with E-state index in [-0.39, 0.29) is 16.7 Å². The van der Waals surface area contributed by atoms with Crippen molar-refractivity contribution in [1.29, 1.82) is 0 Å². The molecule has 0 saturated carbocycles. The predicted octanol–water partition coefficient (Wildman–Crippen LogP) is 3.62. The van der Waals surface area contributed by atoms with Gasteiger partial charge in [-0.3, -0.25) is 0 Å². The molecule has 6 heteroatoms. The highest BCUT2D eigenvalue weighted by molar-refractivity contribution is 7.90. The summed E-state index contributed by atoms with van der Waals surface area (Å²) >= 11 is 6.11. The zero-order valence-electron chi connectivity index (χ0n) is 11.7. The molecule has 0 aromatic heterocycles. The Kier molecular flexibility index (Phi) is 4.44. The summed E-state index contributed by atoms with van der Waals surface area (Å²) < 4.78 is 23.2. The van der Waals surface area contributed by atoms with Crippen LogP contribution < -0.4 is 5.32 Å². The molecule has 2 aromatic rings. The van der Waals surface area contributed by atoms with Crippen LogP contribution in [0.1, 0.15) is 18.5 Å². The fourth-order valence-corrected chi connectivity index (χ4v) is 2.74. The van der Waals surface area contributed by atoms with Crippen LogP contribution in [0.4, 0.5) is 5.69 Å². The third kappa shape index (κ3) is 3.89. The van der Waals surface area contributed by atoms with Crippen molar-refractivity contribution in [3.05, 3.63) is 53.1 Å². The van der Waals surface area contributed by atoms with Crippen LogP contribution in [-0.2, 0) is 9.84 Å². The Balaban J connectivity index is 2.28. The Morgan fingerprint density at radius 2 is 1.76 bits per heavy atom. The number of nitrogens with one attached hydrogen (secondary N) is 1. The van der Waals surface area contributed by atoms with Crippen LogP contribution in [0.5, 0.6) is 5.75 Å². The molecule has 0 spiro atoms. The van der Waals surface area contributed by atoms with Crippen molar-refractivity contribution in [3.8, 4) is 5.75 Å². The molecule has 2 N–H and O–H groups in total. The zero-order valence-corrected chi connectivity index (χ0v) is 13.2. The molecule has 0 radical (unpaired) electrons. The van der Waals surface area contributed by atoms with Gasteiger partial charge in [-0.1, -0.05) is 23.7 Å². The molecule has 0 aliphatic heterocycles. The van der Waals surface area contributed by atoms with Gasteiger partial charge in [0.1, 0.15) is 5.75 Å². The lowest BCUT2D eigenvalue weighted by Gasteiger charge is -2.17. The first kappa shape index (κ1) is 15.7. The molecule has 0 saturated heterocycles. The van der Waals surface area contributed by atoms with Gasteiger partial charge in [0, 0.05) is 12.3 Å². The molecule has 0 bridgehead atoms. The molecule has 2 aromatic carbocycles. The fourth-order valence-electron chi connectivity index (χ4n) is 1.93. The molecule has 0 fully saturated rings. The van der Waals surface area contributed by atoms with Crippen molar-refractivity contribution in [2.45, 2.75) is 17.9 Å². The van der Waals surface area contributed by atoms with Gasteiger partial charge in [0.25, 0.3) is 0 Å². The topological polar surface area (TPSA) is 66.4 Å². The number of hydrogen-bond acceptors (Lipinski definition) is 4. The van der Waals surface area contributed by atoms with E-state index in [2.05, 4.69) is 5.32 Å². The summed E-state index contributed by atoms with van der Waals surface area (Å²) in [6, 6.07) is 11.3. The highest BCUT2D eigenvalue weighted by Crippen LogP contribution is 2.29. The smallest absolute Gasteiger partial charge is 0.175 e. The van der Waals surface area contributed by atoms with Gasteiger partial charge >= 0.3 is 0 Å². The van der Waals surface area contributed by atoms with Crippen LogP contribution in [0.15, 0.2) is 47.4 Å². The van der Waals surface area contributed by atoms with Gasteiger partial charge in [-0.2, -0.15) is 0 Å². The second-order valence-corrected chi connectivity index (χ2v) is 7.29. The maximum Gasteiger partial charge on any atom is 0.175 e. The first-order valence-electron chi connectivity index (χ1n) is 6.32. The van der Waals surface area contributed by atoms with E-state index in [0.29, 0.717) is 10.7 Å². The number of hydrogen-bond donors (Lipinski definition) is 2. The maximum atomic E-state index is 11.6. The predicted molar refractivity (Wildman–Crippen MR) is 84.7 cm³/mol. The van der Waals surface area contributed by atoms with Crippen LogP contribution >= 0.6 is 11.6 Å². The lowest BCUT2D eigenvalue weighted by Crippen LogP contribution is -2.08. The molecular formula is C15H16ClNO3S. The number of sulfone groups is 1. The number of benzene rings is 2. The molecular weight excluding hydrogens is 310 g/mol.